The van der Waals surface area contributed by atoms with Crippen LogP contribution < -0.4 is 10.2 Å². The van der Waals surface area contributed by atoms with Crippen molar-refractivity contribution in [2.45, 2.75) is 26.9 Å². The molecular formula is C18H23FN2. The van der Waals surface area contributed by atoms with Crippen LogP contribution in [0.15, 0.2) is 42.5 Å². The van der Waals surface area contributed by atoms with Gasteiger partial charge in [0.25, 0.3) is 0 Å². The zero-order valence-electron chi connectivity index (χ0n) is 13.0. The van der Waals surface area contributed by atoms with Gasteiger partial charge in [0.2, 0.25) is 0 Å². The molecule has 0 saturated heterocycles. The molecule has 0 aliphatic rings. The zero-order valence-corrected chi connectivity index (χ0v) is 13.0. The topological polar surface area (TPSA) is 15.3 Å². The fraction of sp³-hybridized carbons (Fsp3) is 0.333. The van der Waals surface area contributed by atoms with E-state index in [9.17, 15) is 4.39 Å². The van der Waals surface area contributed by atoms with Gasteiger partial charge in [-0.15, -0.1) is 0 Å². The second-order valence-electron chi connectivity index (χ2n) is 5.35. The van der Waals surface area contributed by atoms with Crippen LogP contribution in [0, 0.1) is 12.7 Å². The lowest BCUT2D eigenvalue weighted by Gasteiger charge is -2.22. The van der Waals surface area contributed by atoms with E-state index in [0.29, 0.717) is 6.54 Å². The summed E-state index contributed by atoms with van der Waals surface area (Å²) in [5.41, 5.74) is 4.34. The van der Waals surface area contributed by atoms with Gasteiger partial charge in [-0.25, -0.2) is 4.39 Å². The first-order valence-electron chi connectivity index (χ1n) is 7.36. The monoisotopic (exact) mass is 286 g/mol. The molecule has 0 atom stereocenters. The highest BCUT2D eigenvalue weighted by Crippen LogP contribution is 2.22. The molecule has 0 aliphatic heterocycles. The highest BCUT2D eigenvalue weighted by molar-refractivity contribution is 5.54. The molecule has 0 saturated carbocycles. The van der Waals surface area contributed by atoms with Crippen molar-refractivity contribution in [3.05, 3.63) is 65.0 Å². The Morgan fingerprint density at radius 2 is 1.90 bits per heavy atom. The molecule has 0 radical (unpaired) electrons. The first-order valence-corrected chi connectivity index (χ1v) is 7.36. The molecular weight excluding hydrogens is 263 g/mol. The van der Waals surface area contributed by atoms with Crippen LogP contribution >= 0.6 is 0 Å². The predicted molar refractivity (Wildman–Crippen MR) is 87.1 cm³/mol. The smallest absolute Gasteiger partial charge is 0.128 e. The number of hydrogen-bond acceptors (Lipinski definition) is 2. The third kappa shape index (κ3) is 4.05. The van der Waals surface area contributed by atoms with Gasteiger partial charge in [0.1, 0.15) is 5.82 Å². The molecule has 2 nitrogen and oxygen atoms in total. The fourth-order valence-corrected chi connectivity index (χ4v) is 2.49. The molecule has 112 valence electrons. The van der Waals surface area contributed by atoms with Crippen LogP contribution in [0.1, 0.15) is 23.6 Å². The summed E-state index contributed by atoms with van der Waals surface area (Å²) in [5, 5.41) is 3.32. The van der Waals surface area contributed by atoms with Gasteiger partial charge >= 0.3 is 0 Å². The number of aryl methyl sites for hydroxylation is 1. The van der Waals surface area contributed by atoms with Crippen molar-refractivity contribution in [2.75, 3.05) is 18.5 Å². The number of halogens is 1. The number of anilines is 1. The molecule has 0 bridgehead atoms. The van der Waals surface area contributed by atoms with Crippen LogP contribution in [0.4, 0.5) is 10.1 Å². The zero-order chi connectivity index (χ0) is 15.2. The van der Waals surface area contributed by atoms with Crippen LogP contribution in [-0.4, -0.2) is 13.6 Å². The van der Waals surface area contributed by atoms with Gasteiger partial charge in [-0.2, -0.15) is 0 Å². The Bertz CT molecular complexity index is 596. The molecule has 1 N–H and O–H groups in total. The van der Waals surface area contributed by atoms with Crippen LogP contribution in [0.2, 0.25) is 0 Å². The molecule has 0 heterocycles. The third-order valence-electron chi connectivity index (χ3n) is 3.62. The Kier molecular flexibility index (Phi) is 5.34. The summed E-state index contributed by atoms with van der Waals surface area (Å²) in [7, 11) is 2.00. The standard InChI is InChI=1S/C18H23FN2/c1-4-20-12-15-9-10-18(14(2)11-15)21(3)13-16-7-5-6-8-17(16)19/h5-11,20H,4,12-13H2,1-3H3. The van der Waals surface area contributed by atoms with Crippen molar-refractivity contribution in [1.82, 2.24) is 5.32 Å². The average molecular weight is 286 g/mol. The minimum absolute atomic E-state index is 0.147. The summed E-state index contributed by atoms with van der Waals surface area (Å²) in [6, 6.07) is 13.4. The molecule has 0 fully saturated rings. The number of rotatable bonds is 6. The molecule has 2 aromatic carbocycles. The largest absolute Gasteiger partial charge is 0.370 e. The number of hydrogen-bond donors (Lipinski definition) is 1. The normalized spacial score (nSPS) is 10.7. The maximum absolute atomic E-state index is 13.7. The third-order valence-corrected chi connectivity index (χ3v) is 3.62. The van der Waals surface area contributed by atoms with Gasteiger partial charge in [-0.1, -0.05) is 37.3 Å². The van der Waals surface area contributed by atoms with Crippen molar-refractivity contribution in [3.8, 4) is 0 Å². The van der Waals surface area contributed by atoms with Gasteiger partial charge in [0, 0.05) is 31.4 Å². The summed E-state index contributed by atoms with van der Waals surface area (Å²) in [6.45, 7) is 6.62. The predicted octanol–water partition coefficient (Wildman–Crippen LogP) is 3.88. The Balaban J connectivity index is 2.12. The summed E-state index contributed by atoms with van der Waals surface area (Å²) in [6.07, 6.45) is 0. The van der Waals surface area contributed by atoms with Crippen molar-refractivity contribution in [2.24, 2.45) is 0 Å². The first kappa shape index (κ1) is 15.5. The maximum atomic E-state index is 13.7. The lowest BCUT2D eigenvalue weighted by molar-refractivity contribution is 0.608. The van der Waals surface area contributed by atoms with E-state index in [-0.39, 0.29) is 5.82 Å². The van der Waals surface area contributed by atoms with Crippen molar-refractivity contribution >= 4 is 5.69 Å². The van der Waals surface area contributed by atoms with Crippen molar-refractivity contribution in [3.63, 3.8) is 0 Å². The quantitative estimate of drug-likeness (QED) is 0.867. The summed E-state index contributed by atoms with van der Waals surface area (Å²) in [5.74, 6) is -0.147. The SMILES string of the molecule is CCNCc1ccc(N(C)Cc2ccccc2F)c(C)c1. The highest BCUT2D eigenvalue weighted by Gasteiger charge is 2.08. The molecule has 0 aliphatic carbocycles. The first-order chi connectivity index (χ1) is 10.1. The van der Waals surface area contributed by atoms with E-state index in [1.165, 1.54) is 17.2 Å². The second kappa shape index (κ2) is 7.23. The van der Waals surface area contributed by atoms with Gasteiger partial charge in [0.05, 0.1) is 0 Å². The molecule has 0 aromatic heterocycles. The number of benzene rings is 2. The summed E-state index contributed by atoms with van der Waals surface area (Å²) in [4.78, 5) is 2.09. The van der Waals surface area contributed by atoms with Gasteiger partial charge < -0.3 is 10.2 Å². The van der Waals surface area contributed by atoms with E-state index in [0.717, 1.165) is 24.3 Å². The van der Waals surface area contributed by atoms with Crippen LogP contribution in [-0.2, 0) is 13.1 Å². The number of nitrogens with zero attached hydrogens (tertiary/aromatic N) is 1. The minimum atomic E-state index is -0.147. The highest BCUT2D eigenvalue weighted by atomic mass is 19.1. The Morgan fingerprint density at radius 1 is 1.14 bits per heavy atom. The van der Waals surface area contributed by atoms with E-state index < -0.39 is 0 Å². The summed E-state index contributed by atoms with van der Waals surface area (Å²) >= 11 is 0. The average Bonchev–Trinajstić information content (AvgIpc) is 2.47. The van der Waals surface area contributed by atoms with E-state index in [1.54, 1.807) is 6.07 Å². The minimum Gasteiger partial charge on any atom is -0.370 e. The van der Waals surface area contributed by atoms with Gasteiger partial charge in [-0.05, 0) is 36.7 Å². The van der Waals surface area contributed by atoms with Gasteiger partial charge in [0.15, 0.2) is 0 Å². The lowest BCUT2D eigenvalue weighted by atomic mass is 10.1. The molecule has 2 aromatic rings. The van der Waals surface area contributed by atoms with E-state index in [2.05, 4.69) is 42.3 Å². The van der Waals surface area contributed by atoms with Crippen LogP contribution in [0.25, 0.3) is 0 Å². The Morgan fingerprint density at radius 3 is 2.57 bits per heavy atom. The maximum Gasteiger partial charge on any atom is 0.128 e. The number of nitrogens with one attached hydrogen (secondary N) is 1. The van der Waals surface area contributed by atoms with Crippen molar-refractivity contribution in [1.29, 1.82) is 0 Å². The van der Waals surface area contributed by atoms with Crippen molar-refractivity contribution < 1.29 is 4.39 Å². The molecule has 2 rings (SSSR count). The second-order valence-corrected chi connectivity index (χ2v) is 5.35. The van der Waals surface area contributed by atoms with Crippen LogP contribution in [0.5, 0.6) is 0 Å². The molecule has 3 heteroatoms. The molecule has 0 spiro atoms. The Hall–Kier alpha value is -1.87. The van der Waals surface area contributed by atoms with Gasteiger partial charge in [-0.3, -0.25) is 0 Å². The molecule has 0 unspecified atom stereocenters. The fourth-order valence-electron chi connectivity index (χ4n) is 2.49. The van der Waals surface area contributed by atoms with E-state index in [1.807, 2.05) is 19.2 Å². The molecule has 0 amide bonds. The van der Waals surface area contributed by atoms with Crippen LogP contribution in [0.3, 0.4) is 0 Å². The lowest BCUT2D eigenvalue weighted by Crippen LogP contribution is -2.18. The summed E-state index contributed by atoms with van der Waals surface area (Å²) < 4.78 is 13.7. The molecule has 21 heavy (non-hydrogen) atoms. The Labute approximate surface area is 126 Å². The van der Waals surface area contributed by atoms with E-state index in [4.69, 9.17) is 0 Å². The van der Waals surface area contributed by atoms with E-state index >= 15 is 0 Å².